The van der Waals surface area contributed by atoms with Crippen LogP contribution < -0.4 is 5.73 Å². The Balaban J connectivity index is 2.03. The molecule has 5 heteroatoms. The molecule has 0 amide bonds. The second-order valence-electron chi connectivity index (χ2n) is 4.22. The van der Waals surface area contributed by atoms with Gasteiger partial charge in [-0.05, 0) is 25.5 Å². The van der Waals surface area contributed by atoms with Crippen molar-refractivity contribution in [3.63, 3.8) is 0 Å². The molecule has 2 heterocycles. The molecule has 0 atom stereocenters. The van der Waals surface area contributed by atoms with Crippen LogP contribution >= 0.6 is 11.8 Å². The molecule has 4 nitrogen and oxygen atoms in total. The Labute approximate surface area is 111 Å². The number of hydrogen-bond donors (Lipinski definition) is 1. The van der Waals surface area contributed by atoms with Crippen molar-refractivity contribution in [2.45, 2.75) is 20.0 Å². The summed E-state index contributed by atoms with van der Waals surface area (Å²) < 4.78 is 5.54. The molecule has 2 N–H and O–H groups in total. The third kappa shape index (κ3) is 3.50. The van der Waals surface area contributed by atoms with Crippen molar-refractivity contribution in [2.75, 3.05) is 11.5 Å². The van der Waals surface area contributed by atoms with Crippen LogP contribution in [-0.4, -0.2) is 28.3 Å². The summed E-state index contributed by atoms with van der Waals surface area (Å²) in [5, 5.41) is 0. The number of aryl methyl sites for hydroxylation is 1. The standard InChI is InChI=1S/C13H17N3OS/c1-9-4-3-5-15-13(9)16-10(2)6-12(14)17-11-7-18-8-11/h3-6,11H,7-8,14H2,1-2H3/b12-6+,16-10+. The first-order valence-corrected chi connectivity index (χ1v) is 6.99. The van der Waals surface area contributed by atoms with E-state index in [2.05, 4.69) is 9.98 Å². The van der Waals surface area contributed by atoms with E-state index < -0.39 is 0 Å². The first-order valence-electron chi connectivity index (χ1n) is 5.83. The van der Waals surface area contributed by atoms with E-state index in [0.717, 1.165) is 28.6 Å². The number of rotatable bonds is 4. The summed E-state index contributed by atoms with van der Waals surface area (Å²) in [5.41, 5.74) is 7.64. The first-order chi connectivity index (χ1) is 8.65. The highest BCUT2D eigenvalue weighted by Crippen LogP contribution is 2.22. The molecule has 1 saturated heterocycles. The highest BCUT2D eigenvalue weighted by molar-refractivity contribution is 8.00. The lowest BCUT2D eigenvalue weighted by molar-refractivity contribution is 0.144. The number of nitrogens with zero attached hydrogens (tertiary/aromatic N) is 2. The molecule has 1 aliphatic heterocycles. The molecule has 1 aliphatic rings. The van der Waals surface area contributed by atoms with Gasteiger partial charge in [0, 0.05) is 29.5 Å². The molecule has 0 bridgehead atoms. The number of hydrogen-bond acceptors (Lipinski definition) is 5. The normalized spacial score (nSPS) is 17.4. The van der Waals surface area contributed by atoms with Gasteiger partial charge in [0.1, 0.15) is 6.10 Å². The monoisotopic (exact) mass is 263 g/mol. The number of thioether (sulfide) groups is 1. The number of nitrogens with two attached hydrogens (primary N) is 1. The van der Waals surface area contributed by atoms with E-state index in [1.165, 1.54) is 0 Å². The molecule has 1 aromatic heterocycles. The lowest BCUT2D eigenvalue weighted by atomic mass is 10.3. The van der Waals surface area contributed by atoms with Gasteiger partial charge in [-0.25, -0.2) is 9.98 Å². The van der Waals surface area contributed by atoms with Gasteiger partial charge >= 0.3 is 0 Å². The molecular formula is C13H17N3OS. The lowest BCUT2D eigenvalue weighted by Gasteiger charge is -2.25. The smallest absolute Gasteiger partial charge is 0.186 e. The van der Waals surface area contributed by atoms with E-state index in [1.54, 1.807) is 12.3 Å². The molecule has 0 aromatic carbocycles. The number of pyridine rings is 1. The maximum absolute atomic E-state index is 5.81. The van der Waals surface area contributed by atoms with Crippen LogP contribution in [0.5, 0.6) is 0 Å². The molecule has 2 rings (SSSR count). The van der Waals surface area contributed by atoms with Crippen molar-refractivity contribution in [1.82, 2.24) is 4.98 Å². The number of aromatic nitrogens is 1. The van der Waals surface area contributed by atoms with Crippen LogP contribution in [0.25, 0.3) is 0 Å². The fourth-order valence-electron chi connectivity index (χ4n) is 1.51. The van der Waals surface area contributed by atoms with E-state index in [4.69, 9.17) is 10.5 Å². The topological polar surface area (TPSA) is 60.5 Å². The largest absolute Gasteiger partial charge is 0.474 e. The van der Waals surface area contributed by atoms with Gasteiger partial charge in [0.05, 0.1) is 0 Å². The summed E-state index contributed by atoms with van der Waals surface area (Å²) in [5.74, 6) is 3.18. The Morgan fingerprint density at radius 2 is 2.39 bits per heavy atom. The molecule has 0 radical (unpaired) electrons. The van der Waals surface area contributed by atoms with Gasteiger partial charge in [0.2, 0.25) is 0 Å². The third-order valence-corrected chi connectivity index (χ3v) is 3.74. The Kier molecular flexibility index (Phi) is 4.25. The molecule has 1 fully saturated rings. The maximum Gasteiger partial charge on any atom is 0.186 e. The zero-order chi connectivity index (χ0) is 13.0. The van der Waals surface area contributed by atoms with Crippen LogP contribution in [0.1, 0.15) is 12.5 Å². The second kappa shape index (κ2) is 5.91. The molecule has 0 spiro atoms. The van der Waals surface area contributed by atoms with E-state index in [0.29, 0.717) is 5.88 Å². The fraction of sp³-hybridized carbons (Fsp3) is 0.385. The SMILES string of the molecule is CC(/C=C(\N)OC1CSC1)=N\c1ncccc1C. The Morgan fingerprint density at radius 3 is 3.00 bits per heavy atom. The molecular weight excluding hydrogens is 246 g/mol. The minimum atomic E-state index is 0.260. The van der Waals surface area contributed by atoms with Crippen LogP contribution in [0, 0.1) is 6.92 Å². The molecule has 0 saturated carbocycles. The Bertz CT molecular complexity index is 481. The van der Waals surface area contributed by atoms with Crippen LogP contribution in [0.15, 0.2) is 35.3 Å². The fourth-order valence-corrected chi connectivity index (χ4v) is 2.07. The average molecular weight is 263 g/mol. The predicted molar refractivity (Wildman–Crippen MR) is 76.2 cm³/mol. The first kappa shape index (κ1) is 13.0. The summed E-state index contributed by atoms with van der Waals surface area (Å²) in [6.07, 6.45) is 3.74. The molecule has 96 valence electrons. The van der Waals surface area contributed by atoms with Crippen molar-refractivity contribution >= 4 is 23.3 Å². The van der Waals surface area contributed by atoms with Crippen LogP contribution in [0.2, 0.25) is 0 Å². The van der Waals surface area contributed by atoms with Gasteiger partial charge < -0.3 is 10.5 Å². The Hall–Kier alpha value is -1.49. The number of ether oxygens (including phenoxy) is 1. The summed E-state index contributed by atoms with van der Waals surface area (Å²) in [6, 6.07) is 3.87. The van der Waals surface area contributed by atoms with Crippen LogP contribution in [-0.2, 0) is 4.74 Å². The van der Waals surface area contributed by atoms with Crippen molar-refractivity contribution in [3.8, 4) is 0 Å². The van der Waals surface area contributed by atoms with Crippen molar-refractivity contribution in [1.29, 1.82) is 0 Å². The lowest BCUT2D eigenvalue weighted by Crippen LogP contribution is -2.29. The highest BCUT2D eigenvalue weighted by Gasteiger charge is 2.19. The van der Waals surface area contributed by atoms with E-state index in [9.17, 15) is 0 Å². The second-order valence-corrected chi connectivity index (χ2v) is 5.30. The van der Waals surface area contributed by atoms with Crippen molar-refractivity contribution < 1.29 is 4.74 Å². The van der Waals surface area contributed by atoms with E-state index in [1.807, 2.05) is 37.7 Å². The zero-order valence-electron chi connectivity index (χ0n) is 10.6. The minimum absolute atomic E-state index is 0.260. The number of aliphatic imine (C=N–C) groups is 1. The molecule has 1 aromatic rings. The summed E-state index contributed by atoms with van der Waals surface area (Å²) in [7, 11) is 0. The van der Waals surface area contributed by atoms with E-state index >= 15 is 0 Å². The van der Waals surface area contributed by atoms with Gasteiger partial charge in [0.25, 0.3) is 0 Å². The predicted octanol–water partition coefficient (Wildman–Crippen LogP) is 2.41. The summed E-state index contributed by atoms with van der Waals surface area (Å²) in [6.45, 7) is 3.87. The third-order valence-electron chi connectivity index (χ3n) is 2.53. The zero-order valence-corrected chi connectivity index (χ0v) is 11.4. The Morgan fingerprint density at radius 1 is 1.61 bits per heavy atom. The summed E-state index contributed by atoms with van der Waals surface area (Å²) in [4.78, 5) is 8.63. The number of allylic oxidation sites excluding steroid dienone is 1. The molecule has 18 heavy (non-hydrogen) atoms. The van der Waals surface area contributed by atoms with Gasteiger partial charge in [-0.1, -0.05) is 6.07 Å². The maximum atomic E-state index is 5.81. The summed E-state index contributed by atoms with van der Waals surface area (Å²) >= 11 is 1.86. The molecule has 0 aliphatic carbocycles. The molecule has 0 unspecified atom stereocenters. The quantitative estimate of drug-likeness (QED) is 0.669. The minimum Gasteiger partial charge on any atom is -0.474 e. The van der Waals surface area contributed by atoms with Gasteiger partial charge in [0.15, 0.2) is 11.7 Å². The van der Waals surface area contributed by atoms with Gasteiger partial charge in [-0.15, -0.1) is 0 Å². The van der Waals surface area contributed by atoms with E-state index in [-0.39, 0.29) is 6.10 Å². The van der Waals surface area contributed by atoms with Gasteiger partial charge in [-0.3, -0.25) is 0 Å². The van der Waals surface area contributed by atoms with Crippen LogP contribution in [0.4, 0.5) is 5.82 Å². The average Bonchev–Trinajstić information content (AvgIpc) is 2.27. The van der Waals surface area contributed by atoms with Crippen molar-refractivity contribution in [2.24, 2.45) is 10.7 Å². The van der Waals surface area contributed by atoms with Gasteiger partial charge in [-0.2, -0.15) is 11.8 Å². The van der Waals surface area contributed by atoms with Crippen molar-refractivity contribution in [3.05, 3.63) is 35.9 Å². The highest BCUT2D eigenvalue weighted by atomic mass is 32.2. The van der Waals surface area contributed by atoms with Crippen LogP contribution in [0.3, 0.4) is 0 Å².